The minimum atomic E-state index is -0.343. The van der Waals surface area contributed by atoms with Crippen molar-refractivity contribution in [3.63, 3.8) is 0 Å². The molecule has 32 heavy (non-hydrogen) atoms. The van der Waals surface area contributed by atoms with Crippen LogP contribution in [0.5, 0.6) is 11.5 Å². The number of amides is 1. The van der Waals surface area contributed by atoms with Gasteiger partial charge in [0, 0.05) is 5.56 Å². The van der Waals surface area contributed by atoms with E-state index in [0.29, 0.717) is 39.2 Å². The summed E-state index contributed by atoms with van der Waals surface area (Å²) in [5.74, 6) is -0.260. The molecule has 0 aliphatic carbocycles. The third-order valence-corrected chi connectivity index (χ3v) is 5.76. The van der Waals surface area contributed by atoms with Crippen molar-refractivity contribution in [1.29, 1.82) is 0 Å². The highest BCUT2D eigenvalue weighted by Crippen LogP contribution is 2.37. The van der Waals surface area contributed by atoms with Gasteiger partial charge in [0.2, 0.25) is 0 Å². The molecule has 1 N–H and O–H groups in total. The van der Waals surface area contributed by atoms with E-state index in [4.69, 9.17) is 39.5 Å². The number of halogens is 3. The first kappa shape index (κ1) is 22.2. The van der Waals surface area contributed by atoms with E-state index in [1.807, 2.05) is 30.3 Å². The van der Waals surface area contributed by atoms with Crippen molar-refractivity contribution >= 4 is 58.2 Å². The van der Waals surface area contributed by atoms with Gasteiger partial charge in [0.25, 0.3) is 5.91 Å². The molecule has 162 valence electrons. The molecule has 0 atom stereocenters. The van der Waals surface area contributed by atoms with Crippen molar-refractivity contribution in [2.45, 2.75) is 6.92 Å². The Morgan fingerprint density at radius 3 is 2.44 bits per heavy atom. The Kier molecular flexibility index (Phi) is 6.42. The Hall–Kier alpha value is -2.99. The van der Waals surface area contributed by atoms with Gasteiger partial charge in [-0.15, -0.1) is 0 Å². The zero-order chi connectivity index (χ0) is 22.8. The van der Waals surface area contributed by atoms with Gasteiger partial charge >= 0.3 is 0 Å². The molecule has 0 unspecified atom stereocenters. The number of hydrogen-bond acceptors (Lipinski definition) is 4. The molecule has 0 aromatic heterocycles. The zero-order valence-electron chi connectivity index (χ0n) is 16.8. The first-order valence-corrected chi connectivity index (χ1v) is 10.8. The molecule has 1 aliphatic rings. The van der Waals surface area contributed by atoms with Crippen molar-refractivity contribution < 1.29 is 14.6 Å². The van der Waals surface area contributed by atoms with Gasteiger partial charge in [-0.1, -0.05) is 65.1 Å². The fourth-order valence-electron chi connectivity index (χ4n) is 3.26. The van der Waals surface area contributed by atoms with E-state index in [-0.39, 0.29) is 22.4 Å². The maximum Gasteiger partial charge on any atom is 0.281 e. The van der Waals surface area contributed by atoms with E-state index in [1.54, 1.807) is 43.3 Å². The molecule has 0 fully saturated rings. The van der Waals surface area contributed by atoms with Crippen molar-refractivity contribution in [2.24, 2.45) is 5.10 Å². The third-order valence-electron chi connectivity index (χ3n) is 4.73. The van der Waals surface area contributed by atoms with Crippen molar-refractivity contribution in [3.05, 3.63) is 92.4 Å². The summed E-state index contributed by atoms with van der Waals surface area (Å²) in [5, 5.41) is 16.8. The number of hydrogen-bond donors (Lipinski definition) is 1. The molecule has 1 aliphatic heterocycles. The van der Waals surface area contributed by atoms with Crippen LogP contribution in [0.3, 0.4) is 0 Å². The average Bonchev–Trinajstić information content (AvgIpc) is 3.10. The van der Waals surface area contributed by atoms with Gasteiger partial charge in [0.05, 0.1) is 32.9 Å². The third kappa shape index (κ3) is 4.32. The zero-order valence-corrected chi connectivity index (χ0v) is 19.1. The number of benzene rings is 3. The van der Waals surface area contributed by atoms with Crippen molar-refractivity contribution in [1.82, 2.24) is 0 Å². The normalized spacial score (nSPS) is 14.8. The van der Waals surface area contributed by atoms with Crippen LogP contribution in [0.1, 0.15) is 18.1 Å². The highest BCUT2D eigenvalue weighted by molar-refractivity contribution is 6.42. The number of phenolic OH excluding ortho intramolecular Hbond substituents is 1. The van der Waals surface area contributed by atoms with E-state index < -0.39 is 0 Å². The molecule has 1 heterocycles. The molecule has 0 spiro atoms. The van der Waals surface area contributed by atoms with Crippen LogP contribution in [0.25, 0.3) is 6.08 Å². The predicted octanol–water partition coefficient (Wildman–Crippen LogP) is 6.59. The van der Waals surface area contributed by atoms with Crippen LogP contribution in [-0.2, 0) is 4.79 Å². The summed E-state index contributed by atoms with van der Waals surface area (Å²) in [5.41, 5.74) is 2.68. The second-order valence-electron chi connectivity index (χ2n) is 6.87. The number of nitrogens with zero attached hydrogens (tertiary/aromatic N) is 2. The number of anilines is 1. The molecule has 0 saturated carbocycles. The van der Waals surface area contributed by atoms with Crippen LogP contribution in [0.2, 0.25) is 15.1 Å². The molecule has 8 heteroatoms. The Bertz CT molecular complexity index is 1260. The van der Waals surface area contributed by atoms with Crippen LogP contribution < -0.4 is 9.75 Å². The Morgan fingerprint density at radius 1 is 1.00 bits per heavy atom. The molecule has 4 rings (SSSR count). The predicted molar refractivity (Wildman–Crippen MR) is 129 cm³/mol. The Balaban J connectivity index is 1.84. The second kappa shape index (κ2) is 9.25. The number of carbonyl (C=O) groups excluding carboxylic acids is 1. The minimum Gasteiger partial charge on any atom is -0.503 e. The van der Waals surface area contributed by atoms with Gasteiger partial charge < -0.3 is 9.84 Å². The molecule has 5 nitrogen and oxygen atoms in total. The van der Waals surface area contributed by atoms with Gasteiger partial charge in [-0.2, -0.15) is 10.1 Å². The van der Waals surface area contributed by atoms with E-state index >= 15 is 0 Å². The first-order valence-electron chi connectivity index (χ1n) is 9.70. The quantitative estimate of drug-likeness (QED) is 0.413. The Labute approximate surface area is 200 Å². The van der Waals surface area contributed by atoms with Gasteiger partial charge in [-0.05, 0) is 48.9 Å². The lowest BCUT2D eigenvalue weighted by molar-refractivity contribution is -0.114. The average molecular weight is 488 g/mol. The van der Waals surface area contributed by atoms with Crippen LogP contribution in [0.4, 0.5) is 5.69 Å². The largest absolute Gasteiger partial charge is 0.503 e. The number of ether oxygens (including phenoxy) is 1. The molecule has 0 bridgehead atoms. The monoisotopic (exact) mass is 486 g/mol. The van der Waals surface area contributed by atoms with Crippen molar-refractivity contribution in [2.75, 3.05) is 11.6 Å². The lowest BCUT2D eigenvalue weighted by atomic mass is 10.00. The van der Waals surface area contributed by atoms with E-state index in [0.717, 1.165) is 5.56 Å². The number of rotatable bonds is 5. The first-order chi connectivity index (χ1) is 15.4. The number of carbonyl (C=O) groups is 1. The van der Waals surface area contributed by atoms with Crippen LogP contribution in [-0.4, -0.2) is 23.3 Å². The van der Waals surface area contributed by atoms with E-state index in [2.05, 4.69) is 5.10 Å². The SMILES string of the molecule is CCOc1cc(C=C2C(=O)N(c3ccc(Cl)c(Cl)c3)N=C2c2ccccc2)cc(Cl)c1O. The molecule has 0 radical (unpaired) electrons. The second-order valence-corrected chi connectivity index (χ2v) is 8.09. The summed E-state index contributed by atoms with van der Waals surface area (Å²) in [6.45, 7) is 2.15. The standard InChI is InChI=1S/C24H17Cl3N2O3/c1-2-32-21-12-14(11-20(27)23(21)30)10-17-22(15-6-4-3-5-7-15)28-29(24(17)31)16-8-9-18(25)19(26)13-16/h3-13,30H,2H2,1H3. The number of aromatic hydroxyl groups is 1. The number of phenols is 1. The van der Waals surface area contributed by atoms with Crippen molar-refractivity contribution in [3.8, 4) is 11.5 Å². The maximum atomic E-state index is 13.4. The van der Waals surface area contributed by atoms with Gasteiger partial charge in [-0.3, -0.25) is 4.79 Å². The fourth-order valence-corrected chi connectivity index (χ4v) is 3.77. The van der Waals surface area contributed by atoms with Gasteiger partial charge in [0.15, 0.2) is 11.5 Å². The molecule has 3 aromatic carbocycles. The number of hydrazone groups is 1. The summed E-state index contributed by atoms with van der Waals surface area (Å²) >= 11 is 18.4. The summed E-state index contributed by atoms with van der Waals surface area (Å²) in [6.07, 6.45) is 1.67. The lowest BCUT2D eigenvalue weighted by Crippen LogP contribution is -2.21. The van der Waals surface area contributed by atoms with Gasteiger partial charge in [-0.25, -0.2) is 0 Å². The summed E-state index contributed by atoms with van der Waals surface area (Å²) in [4.78, 5) is 13.4. The highest BCUT2D eigenvalue weighted by Gasteiger charge is 2.32. The molecule has 0 saturated heterocycles. The molecular formula is C24H17Cl3N2O3. The highest BCUT2D eigenvalue weighted by atomic mass is 35.5. The topological polar surface area (TPSA) is 62.1 Å². The van der Waals surface area contributed by atoms with Crippen LogP contribution in [0, 0.1) is 0 Å². The summed E-state index contributed by atoms with van der Waals surface area (Å²) in [6, 6.07) is 17.4. The molecule has 3 aromatic rings. The summed E-state index contributed by atoms with van der Waals surface area (Å²) in [7, 11) is 0. The minimum absolute atomic E-state index is 0.118. The smallest absolute Gasteiger partial charge is 0.281 e. The molecular weight excluding hydrogens is 471 g/mol. The fraction of sp³-hybridized carbons (Fsp3) is 0.0833. The van der Waals surface area contributed by atoms with Crippen LogP contribution >= 0.6 is 34.8 Å². The lowest BCUT2D eigenvalue weighted by Gasteiger charge is -2.12. The molecule has 1 amide bonds. The van der Waals surface area contributed by atoms with E-state index in [1.165, 1.54) is 5.01 Å². The van der Waals surface area contributed by atoms with Crippen LogP contribution in [0.15, 0.2) is 71.3 Å². The van der Waals surface area contributed by atoms with Gasteiger partial charge in [0.1, 0.15) is 5.71 Å². The Morgan fingerprint density at radius 2 is 1.75 bits per heavy atom. The summed E-state index contributed by atoms with van der Waals surface area (Å²) < 4.78 is 5.46. The van der Waals surface area contributed by atoms with E-state index in [9.17, 15) is 9.90 Å². The maximum absolute atomic E-state index is 13.4.